The third kappa shape index (κ3) is 5.21. The van der Waals surface area contributed by atoms with Gasteiger partial charge in [-0.15, -0.1) is 10.2 Å². The van der Waals surface area contributed by atoms with E-state index in [1.54, 1.807) is 7.05 Å². The topological polar surface area (TPSA) is 76.4 Å². The van der Waals surface area contributed by atoms with E-state index in [2.05, 4.69) is 64.8 Å². The zero-order chi connectivity index (χ0) is 19.1. The number of guanidine groups is 1. The SMILES string of the molecule is CCC(C)Oc1cc(C)ccc1CNC(=NC)NCc1nnc(C)n1C. The number of ether oxygens (including phenoxy) is 1. The Bertz CT molecular complexity index is 752. The van der Waals surface area contributed by atoms with Gasteiger partial charge in [0.25, 0.3) is 0 Å². The minimum Gasteiger partial charge on any atom is -0.490 e. The van der Waals surface area contributed by atoms with E-state index < -0.39 is 0 Å². The van der Waals surface area contributed by atoms with Gasteiger partial charge in [-0.25, -0.2) is 0 Å². The molecule has 2 aromatic rings. The van der Waals surface area contributed by atoms with Crippen LogP contribution in [0, 0.1) is 13.8 Å². The summed E-state index contributed by atoms with van der Waals surface area (Å²) in [5.74, 6) is 3.38. The normalized spacial score (nSPS) is 12.8. The molecule has 0 amide bonds. The molecule has 0 saturated carbocycles. The molecule has 1 unspecified atom stereocenters. The number of aromatic nitrogens is 3. The minimum atomic E-state index is 0.187. The second-order valence-corrected chi connectivity index (χ2v) is 6.45. The number of aryl methyl sites for hydroxylation is 2. The molecule has 0 saturated heterocycles. The van der Waals surface area contributed by atoms with Crippen LogP contribution in [-0.4, -0.2) is 33.9 Å². The lowest BCUT2D eigenvalue weighted by atomic mass is 10.1. The highest BCUT2D eigenvalue weighted by atomic mass is 16.5. The highest BCUT2D eigenvalue weighted by molar-refractivity contribution is 5.79. The van der Waals surface area contributed by atoms with Crippen molar-refractivity contribution in [1.29, 1.82) is 0 Å². The molecule has 1 aromatic carbocycles. The molecule has 142 valence electrons. The van der Waals surface area contributed by atoms with Gasteiger partial charge in [0.2, 0.25) is 0 Å². The third-order valence-corrected chi connectivity index (χ3v) is 4.39. The average molecular weight is 358 g/mol. The van der Waals surface area contributed by atoms with Gasteiger partial charge in [0.1, 0.15) is 11.6 Å². The van der Waals surface area contributed by atoms with E-state index in [0.29, 0.717) is 19.0 Å². The highest BCUT2D eigenvalue weighted by Crippen LogP contribution is 2.22. The molecule has 0 aliphatic heterocycles. The first kappa shape index (κ1) is 19.8. The summed E-state index contributed by atoms with van der Waals surface area (Å²) in [7, 11) is 3.70. The van der Waals surface area contributed by atoms with E-state index in [1.807, 2.05) is 18.5 Å². The van der Waals surface area contributed by atoms with Crippen molar-refractivity contribution >= 4 is 5.96 Å². The van der Waals surface area contributed by atoms with Gasteiger partial charge in [-0.3, -0.25) is 4.99 Å². The maximum Gasteiger partial charge on any atom is 0.191 e. The van der Waals surface area contributed by atoms with Crippen LogP contribution < -0.4 is 15.4 Å². The first-order valence-corrected chi connectivity index (χ1v) is 9.00. The van der Waals surface area contributed by atoms with Gasteiger partial charge >= 0.3 is 0 Å². The van der Waals surface area contributed by atoms with Crippen LogP contribution >= 0.6 is 0 Å². The molecule has 2 rings (SSSR count). The van der Waals surface area contributed by atoms with Crippen LogP contribution in [0.5, 0.6) is 5.75 Å². The molecule has 1 aromatic heterocycles. The first-order valence-electron chi connectivity index (χ1n) is 9.00. The molecule has 1 heterocycles. The molecule has 0 spiro atoms. The molecule has 2 N–H and O–H groups in total. The highest BCUT2D eigenvalue weighted by Gasteiger charge is 2.10. The summed E-state index contributed by atoms with van der Waals surface area (Å²) < 4.78 is 8.02. The maximum atomic E-state index is 6.07. The van der Waals surface area contributed by atoms with Gasteiger partial charge in [-0.05, 0) is 38.8 Å². The standard InChI is InChI=1S/C19H30N6O/c1-7-14(3)26-17-10-13(2)8-9-16(17)11-21-19(20-5)22-12-18-24-23-15(4)25(18)6/h8-10,14H,7,11-12H2,1-6H3,(H2,20,21,22). The summed E-state index contributed by atoms with van der Waals surface area (Å²) >= 11 is 0. The molecule has 0 bridgehead atoms. The fourth-order valence-electron chi connectivity index (χ4n) is 2.38. The minimum absolute atomic E-state index is 0.187. The summed E-state index contributed by atoms with van der Waals surface area (Å²) in [6, 6.07) is 6.28. The number of aliphatic imine (C=N–C) groups is 1. The van der Waals surface area contributed by atoms with Crippen LogP contribution in [0.1, 0.15) is 43.0 Å². The Morgan fingerprint density at radius 3 is 2.58 bits per heavy atom. The van der Waals surface area contributed by atoms with Crippen molar-refractivity contribution in [2.75, 3.05) is 7.05 Å². The van der Waals surface area contributed by atoms with Crippen molar-refractivity contribution in [2.24, 2.45) is 12.0 Å². The van der Waals surface area contributed by atoms with Gasteiger partial charge in [0, 0.05) is 26.2 Å². The van der Waals surface area contributed by atoms with E-state index in [9.17, 15) is 0 Å². The molecular weight excluding hydrogens is 328 g/mol. The molecule has 0 aliphatic rings. The van der Waals surface area contributed by atoms with Crippen LogP contribution in [0.15, 0.2) is 23.2 Å². The Morgan fingerprint density at radius 2 is 1.96 bits per heavy atom. The number of rotatable bonds is 7. The van der Waals surface area contributed by atoms with Crippen molar-refractivity contribution in [1.82, 2.24) is 25.4 Å². The largest absolute Gasteiger partial charge is 0.490 e. The molecule has 26 heavy (non-hydrogen) atoms. The first-order chi connectivity index (χ1) is 12.4. The van der Waals surface area contributed by atoms with Crippen molar-refractivity contribution < 1.29 is 4.74 Å². The number of benzene rings is 1. The molecule has 0 fully saturated rings. The lowest BCUT2D eigenvalue weighted by Gasteiger charge is -2.18. The molecule has 7 heteroatoms. The van der Waals surface area contributed by atoms with Crippen LogP contribution in [0.3, 0.4) is 0 Å². The summed E-state index contributed by atoms with van der Waals surface area (Å²) in [6.45, 7) is 9.40. The van der Waals surface area contributed by atoms with Crippen LogP contribution in [-0.2, 0) is 20.1 Å². The monoisotopic (exact) mass is 358 g/mol. The number of nitrogens with one attached hydrogen (secondary N) is 2. The fraction of sp³-hybridized carbons (Fsp3) is 0.526. The van der Waals surface area contributed by atoms with Gasteiger partial charge in [-0.2, -0.15) is 0 Å². The van der Waals surface area contributed by atoms with Gasteiger partial charge in [0.05, 0.1) is 12.6 Å². The number of hydrogen-bond donors (Lipinski definition) is 2. The quantitative estimate of drug-likeness (QED) is 0.587. The predicted molar refractivity (Wildman–Crippen MR) is 104 cm³/mol. The third-order valence-electron chi connectivity index (χ3n) is 4.39. The molecule has 0 aliphatic carbocycles. The lowest BCUT2D eigenvalue weighted by molar-refractivity contribution is 0.215. The van der Waals surface area contributed by atoms with Gasteiger partial charge in [0.15, 0.2) is 11.8 Å². The number of hydrogen-bond acceptors (Lipinski definition) is 4. The van der Waals surface area contributed by atoms with Crippen molar-refractivity contribution in [3.63, 3.8) is 0 Å². The molecule has 1 atom stereocenters. The van der Waals surface area contributed by atoms with Gasteiger partial charge < -0.3 is 19.9 Å². The van der Waals surface area contributed by atoms with E-state index in [4.69, 9.17) is 4.74 Å². The van der Waals surface area contributed by atoms with Crippen molar-refractivity contribution in [3.8, 4) is 5.75 Å². The van der Waals surface area contributed by atoms with Crippen molar-refractivity contribution in [3.05, 3.63) is 41.0 Å². The smallest absolute Gasteiger partial charge is 0.191 e. The Kier molecular flexibility index (Phi) is 7.00. The summed E-state index contributed by atoms with van der Waals surface area (Å²) in [4.78, 5) is 4.28. The Hall–Kier alpha value is -2.57. The Balaban J connectivity index is 1.98. The summed E-state index contributed by atoms with van der Waals surface area (Å²) in [6.07, 6.45) is 1.16. The summed E-state index contributed by atoms with van der Waals surface area (Å²) in [5.41, 5.74) is 2.29. The van der Waals surface area contributed by atoms with Crippen LogP contribution in [0.2, 0.25) is 0 Å². The molecule has 0 radical (unpaired) electrons. The van der Waals surface area contributed by atoms with E-state index in [1.165, 1.54) is 5.56 Å². The zero-order valence-electron chi connectivity index (χ0n) is 16.6. The van der Waals surface area contributed by atoms with Crippen LogP contribution in [0.4, 0.5) is 0 Å². The molecular formula is C19H30N6O. The predicted octanol–water partition coefficient (Wildman–Crippen LogP) is 2.47. The summed E-state index contributed by atoms with van der Waals surface area (Å²) in [5, 5.41) is 14.8. The second kappa shape index (κ2) is 9.22. The van der Waals surface area contributed by atoms with Crippen molar-refractivity contribution in [2.45, 2.75) is 53.3 Å². The van der Waals surface area contributed by atoms with Crippen LogP contribution in [0.25, 0.3) is 0 Å². The lowest BCUT2D eigenvalue weighted by Crippen LogP contribution is -2.37. The Morgan fingerprint density at radius 1 is 1.23 bits per heavy atom. The average Bonchev–Trinajstić information content (AvgIpc) is 2.95. The fourth-order valence-corrected chi connectivity index (χ4v) is 2.38. The maximum absolute atomic E-state index is 6.07. The van der Waals surface area contributed by atoms with E-state index >= 15 is 0 Å². The Labute approximate surface area is 155 Å². The zero-order valence-corrected chi connectivity index (χ0v) is 16.6. The van der Waals surface area contributed by atoms with E-state index in [-0.39, 0.29) is 6.10 Å². The van der Waals surface area contributed by atoms with Gasteiger partial charge in [-0.1, -0.05) is 19.1 Å². The van der Waals surface area contributed by atoms with E-state index in [0.717, 1.165) is 29.4 Å². The number of nitrogens with zero attached hydrogens (tertiary/aromatic N) is 4. The molecule has 7 nitrogen and oxygen atoms in total. The second-order valence-electron chi connectivity index (χ2n) is 6.45.